The summed E-state index contributed by atoms with van der Waals surface area (Å²) in [6.45, 7) is 3.93. The number of aromatic nitrogens is 3. The van der Waals surface area contributed by atoms with Gasteiger partial charge in [-0.25, -0.2) is 9.07 Å². The van der Waals surface area contributed by atoms with E-state index >= 15 is 0 Å². The number of hydrogen-bond acceptors (Lipinski definition) is 4. The second-order valence-corrected chi connectivity index (χ2v) is 6.83. The van der Waals surface area contributed by atoms with E-state index < -0.39 is 6.04 Å². The molecule has 1 amide bonds. The number of carbonyl (C=O) groups excluding carboxylic acids is 1. The van der Waals surface area contributed by atoms with Crippen molar-refractivity contribution in [2.75, 3.05) is 0 Å². The van der Waals surface area contributed by atoms with Crippen molar-refractivity contribution < 1.29 is 13.6 Å². The Morgan fingerprint density at radius 3 is 2.79 bits per heavy atom. The molecule has 150 valence electrons. The smallest absolute Gasteiger partial charge is 0.291 e. The molecule has 0 aliphatic heterocycles. The summed E-state index contributed by atoms with van der Waals surface area (Å²) in [6, 6.07) is 8.71. The molecule has 29 heavy (non-hydrogen) atoms. The summed E-state index contributed by atoms with van der Waals surface area (Å²) in [6.07, 6.45) is 2.53. The van der Waals surface area contributed by atoms with Gasteiger partial charge in [0.25, 0.3) is 5.56 Å². The lowest BCUT2D eigenvalue weighted by Crippen LogP contribution is -2.39. The minimum absolute atomic E-state index is 0.169. The monoisotopic (exact) mass is 396 g/mol. The first-order valence-electron chi connectivity index (χ1n) is 9.56. The Kier molecular flexibility index (Phi) is 4.92. The number of rotatable bonds is 6. The third-order valence-electron chi connectivity index (χ3n) is 4.99. The van der Waals surface area contributed by atoms with Crippen LogP contribution in [-0.4, -0.2) is 20.1 Å². The number of nitrogens with zero attached hydrogens (tertiary/aromatic N) is 3. The van der Waals surface area contributed by atoms with Crippen LogP contribution in [0.1, 0.15) is 37.7 Å². The molecule has 3 heterocycles. The predicted molar refractivity (Wildman–Crippen MR) is 106 cm³/mol. The topological polar surface area (TPSA) is 81.5 Å². The highest BCUT2D eigenvalue weighted by molar-refractivity contribution is 5.83. The van der Waals surface area contributed by atoms with E-state index in [2.05, 4.69) is 10.4 Å². The number of amides is 1. The highest BCUT2D eigenvalue weighted by Gasteiger charge is 2.24. The van der Waals surface area contributed by atoms with Crippen molar-refractivity contribution in [2.45, 2.75) is 39.3 Å². The SMILES string of the molecule is CCc1nn([C@@H](CC)C(=O)NCc2cccc(F)c2)c(=O)c2cc3occc3n12. The van der Waals surface area contributed by atoms with Gasteiger partial charge >= 0.3 is 0 Å². The van der Waals surface area contributed by atoms with E-state index in [1.54, 1.807) is 34.9 Å². The molecule has 1 atom stereocenters. The van der Waals surface area contributed by atoms with Crippen LogP contribution in [-0.2, 0) is 17.8 Å². The number of halogens is 1. The largest absolute Gasteiger partial charge is 0.463 e. The van der Waals surface area contributed by atoms with Crippen molar-refractivity contribution in [1.29, 1.82) is 0 Å². The van der Waals surface area contributed by atoms with E-state index in [-0.39, 0.29) is 23.8 Å². The number of hydrogen-bond donors (Lipinski definition) is 1. The Morgan fingerprint density at radius 2 is 2.07 bits per heavy atom. The lowest BCUT2D eigenvalue weighted by molar-refractivity contribution is -0.125. The first kappa shape index (κ1) is 18.9. The van der Waals surface area contributed by atoms with Crippen LogP contribution in [0.15, 0.2) is 51.9 Å². The zero-order valence-corrected chi connectivity index (χ0v) is 16.2. The first-order chi connectivity index (χ1) is 14.0. The summed E-state index contributed by atoms with van der Waals surface area (Å²) in [7, 11) is 0. The maximum absolute atomic E-state index is 13.3. The fourth-order valence-corrected chi connectivity index (χ4v) is 3.56. The number of furan rings is 1. The summed E-state index contributed by atoms with van der Waals surface area (Å²) >= 11 is 0. The third-order valence-corrected chi connectivity index (χ3v) is 4.99. The molecule has 4 rings (SSSR count). The fourth-order valence-electron chi connectivity index (χ4n) is 3.56. The molecule has 1 aromatic carbocycles. The lowest BCUT2D eigenvalue weighted by atomic mass is 10.2. The zero-order chi connectivity index (χ0) is 20.5. The van der Waals surface area contributed by atoms with E-state index in [1.807, 2.05) is 13.8 Å². The molecule has 1 N–H and O–H groups in total. The van der Waals surface area contributed by atoms with Gasteiger partial charge in [0.15, 0.2) is 5.58 Å². The molecule has 0 bridgehead atoms. The summed E-state index contributed by atoms with van der Waals surface area (Å²) in [5.41, 5.74) is 2.08. The maximum Gasteiger partial charge on any atom is 0.291 e. The van der Waals surface area contributed by atoms with Gasteiger partial charge in [-0.2, -0.15) is 5.10 Å². The fraction of sp³-hybridized carbons (Fsp3) is 0.286. The summed E-state index contributed by atoms with van der Waals surface area (Å²) in [5.74, 6) is -0.0438. The Balaban J connectivity index is 1.70. The van der Waals surface area contributed by atoms with E-state index in [4.69, 9.17) is 4.42 Å². The van der Waals surface area contributed by atoms with Crippen LogP contribution in [0, 0.1) is 5.82 Å². The Hall–Kier alpha value is -3.42. The zero-order valence-electron chi connectivity index (χ0n) is 16.2. The molecular weight excluding hydrogens is 375 g/mol. The number of carbonyl (C=O) groups is 1. The normalized spacial score (nSPS) is 12.5. The molecule has 0 unspecified atom stereocenters. The molecular formula is C21H21FN4O3. The summed E-state index contributed by atoms with van der Waals surface area (Å²) in [5, 5.41) is 7.27. The molecule has 0 spiro atoms. The first-order valence-corrected chi connectivity index (χ1v) is 9.56. The van der Waals surface area contributed by atoms with Crippen molar-refractivity contribution in [3.05, 3.63) is 70.2 Å². The molecule has 0 aliphatic rings. The average Bonchev–Trinajstić information content (AvgIpc) is 3.30. The molecule has 0 saturated heterocycles. The van der Waals surface area contributed by atoms with Gasteiger partial charge in [-0.1, -0.05) is 26.0 Å². The number of benzene rings is 1. The standard InChI is InChI=1S/C21H21FN4O3/c1-3-15(20(27)23-12-13-6-5-7-14(22)10-13)26-21(28)17-11-18-16(8-9-29-18)25(17)19(4-2)24-26/h5-11,15H,3-4,12H2,1-2H3,(H,23,27)/t15-/m0/s1. The van der Waals surface area contributed by atoms with Gasteiger partial charge in [-0.15, -0.1) is 0 Å². The maximum atomic E-state index is 13.3. The van der Waals surface area contributed by atoms with Gasteiger partial charge in [-0.05, 0) is 24.1 Å². The molecule has 0 saturated carbocycles. The number of fused-ring (bicyclic) bond motifs is 3. The van der Waals surface area contributed by atoms with Gasteiger partial charge in [0, 0.05) is 25.1 Å². The van der Waals surface area contributed by atoms with Crippen molar-refractivity contribution in [2.24, 2.45) is 0 Å². The van der Waals surface area contributed by atoms with Crippen LogP contribution in [0.25, 0.3) is 16.6 Å². The molecule has 0 radical (unpaired) electrons. The van der Waals surface area contributed by atoms with Gasteiger partial charge in [-0.3, -0.25) is 14.0 Å². The quantitative estimate of drug-likeness (QED) is 0.543. The predicted octanol–water partition coefficient (Wildman–Crippen LogP) is 3.21. The van der Waals surface area contributed by atoms with Crippen molar-refractivity contribution >= 4 is 22.5 Å². The minimum atomic E-state index is -0.771. The van der Waals surface area contributed by atoms with E-state index in [9.17, 15) is 14.0 Å². The highest BCUT2D eigenvalue weighted by Crippen LogP contribution is 2.21. The van der Waals surface area contributed by atoms with Crippen LogP contribution in [0.3, 0.4) is 0 Å². The molecule has 8 heteroatoms. The summed E-state index contributed by atoms with van der Waals surface area (Å²) < 4.78 is 21.8. The average molecular weight is 396 g/mol. The van der Waals surface area contributed by atoms with E-state index in [0.717, 1.165) is 5.52 Å². The van der Waals surface area contributed by atoms with Crippen LogP contribution in [0.2, 0.25) is 0 Å². The Labute approximate surface area is 165 Å². The molecule has 4 aromatic rings. The van der Waals surface area contributed by atoms with Gasteiger partial charge < -0.3 is 9.73 Å². The second-order valence-electron chi connectivity index (χ2n) is 6.83. The van der Waals surface area contributed by atoms with Gasteiger partial charge in [0.2, 0.25) is 5.91 Å². The van der Waals surface area contributed by atoms with Crippen LogP contribution in [0.4, 0.5) is 4.39 Å². The molecule has 7 nitrogen and oxygen atoms in total. The van der Waals surface area contributed by atoms with Crippen LogP contribution < -0.4 is 10.9 Å². The van der Waals surface area contributed by atoms with Crippen molar-refractivity contribution in [3.8, 4) is 0 Å². The van der Waals surface area contributed by atoms with Crippen LogP contribution in [0.5, 0.6) is 0 Å². The highest BCUT2D eigenvalue weighted by atomic mass is 19.1. The lowest BCUT2D eigenvalue weighted by Gasteiger charge is -2.18. The van der Waals surface area contributed by atoms with Crippen molar-refractivity contribution in [3.63, 3.8) is 0 Å². The molecule has 0 aliphatic carbocycles. The third kappa shape index (κ3) is 3.30. The molecule has 3 aromatic heterocycles. The van der Waals surface area contributed by atoms with E-state index in [0.29, 0.717) is 35.3 Å². The minimum Gasteiger partial charge on any atom is -0.463 e. The Bertz CT molecular complexity index is 1250. The van der Waals surface area contributed by atoms with Gasteiger partial charge in [0.05, 0.1) is 11.8 Å². The van der Waals surface area contributed by atoms with Crippen LogP contribution >= 0.6 is 0 Å². The molecule has 0 fully saturated rings. The van der Waals surface area contributed by atoms with E-state index in [1.165, 1.54) is 16.8 Å². The van der Waals surface area contributed by atoms with Crippen molar-refractivity contribution in [1.82, 2.24) is 19.5 Å². The number of aryl methyl sites for hydroxylation is 1. The Morgan fingerprint density at radius 1 is 1.24 bits per heavy atom. The van der Waals surface area contributed by atoms with Gasteiger partial charge in [0.1, 0.15) is 23.2 Å². The second kappa shape index (κ2) is 7.54. The number of nitrogens with one attached hydrogen (secondary N) is 1. The summed E-state index contributed by atoms with van der Waals surface area (Å²) in [4.78, 5) is 25.9.